The molecule has 4 N–H and O–H groups in total. The summed E-state index contributed by atoms with van der Waals surface area (Å²) in [7, 11) is -1.75. The minimum absolute atomic E-state index is 0.216. The van der Waals surface area contributed by atoms with Gasteiger partial charge in [-0.05, 0) is 6.07 Å². The van der Waals surface area contributed by atoms with Gasteiger partial charge in [0.25, 0.3) is 0 Å². The first-order chi connectivity index (χ1) is 9.03. The van der Waals surface area contributed by atoms with Crippen LogP contribution in [0.4, 0.5) is 0 Å². The number of aromatic nitrogens is 4. The van der Waals surface area contributed by atoms with Crippen LogP contribution in [0.1, 0.15) is 11.5 Å². The molecule has 2 heterocycles. The minimum Gasteiger partial charge on any atom is -0.352 e. The second-order valence-electron chi connectivity index (χ2n) is 4.06. The number of sulfonamides is 1. The summed E-state index contributed by atoms with van der Waals surface area (Å²) < 4.78 is 28.3. The smallest absolute Gasteiger partial charge is 0.242 e. The lowest BCUT2D eigenvalue weighted by molar-refractivity contribution is 0.580. The van der Waals surface area contributed by atoms with Gasteiger partial charge in [-0.15, -0.1) is 0 Å². The van der Waals surface area contributed by atoms with Crippen molar-refractivity contribution in [2.45, 2.75) is 17.9 Å². The van der Waals surface area contributed by atoms with Crippen LogP contribution in [-0.2, 0) is 30.0 Å². The van der Waals surface area contributed by atoms with Gasteiger partial charge in [-0.1, -0.05) is 0 Å². The number of aromatic amines is 1. The van der Waals surface area contributed by atoms with Crippen LogP contribution >= 0.6 is 0 Å². The van der Waals surface area contributed by atoms with Crippen LogP contribution in [0.5, 0.6) is 0 Å². The maximum atomic E-state index is 12.0. The monoisotopic (exact) mass is 284 g/mol. The number of nitrogens with zero attached hydrogens (tertiary/aromatic N) is 3. The van der Waals surface area contributed by atoms with E-state index in [-0.39, 0.29) is 11.4 Å². The highest BCUT2D eigenvalue weighted by Crippen LogP contribution is 2.12. The molecule has 2 rings (SSSR count). The summed E-state index contributed by atoms with van der Waals surface area (Å²) in [5, 5.41) is 6.36. The van der Waals surface area contributed by atoms with Crippen molar-refractivity contribution >= 4 is 10.0 Å². The molecule has 0 spiro atoms. The van der Waals surface area contributed by atoms with Crippen LogP contribution in [0, 0.1) is 0 Å². The van der Waals surface area contributed by atoms with Gasteiger partial charge in [0.2, 0.25) is 10.0 Å². The second-order valence-corrected chi connectivity index (χ2v) is 5.83. The molecule has 0 amide bonds. The summed E-state index contributed by atoms with van der Waals surface area (Å²) in [5.74, 6) is 0.637. The lowest BCUT2D eigenvalue weighted by atomic mass is 10.4. The molecule has 0 aliphatic rings. The van der Waals surface area contributed by atoms with E-state index in [1.165, 1.54) is 6.33 Å². The van der Waals surface area contributed by atoms with Crippen LogP contribution in [0.3, 0.4) is 0 Å². The number of H-pyrrole nitrogens is 1. The van der Waals surface area contributed by atoms with E-state index in [0.29, 0.717) is 18.8 Å². The van der Waals surface area contributed by atoms with Crippen LogP contribution in [-0.4, -0.2) is 34.7 Å². The summed E-state index contributed by atoms with van der Waals surface area (Å²) in [5.41, 5.74) is 6.28. The number of nitrogens with two attached hydrogens (primary N) is 1. The van der Waals surface area contributed by atoms with Crippen molar-refractivity contribution in [1.82, 2.24) is 24.5 Å². The van der Waals surface area contributed by atoms with Crippen molar-refractivity contribution < 1.29 is 8.42 Å². The highest BCUT2D eigenvalue weighted by molar-refractivity contribution is 7.89. The Kier molecular flexibility index (Phi) is 3.98. The third-order valence-electron chi connectivity index (χ3n) is 2.72. The molecule has 0 unspecified atom stereocenters. The zero-order valence-corrected chi connectivity index (χ0v) is 11.3. The SMILES string of the molecule is Cn1cc(S(=O)(=O)NCCc2ncn[nH]2)cc1CN. The molecule has 19 heavy (non-hydrogen) atoms. The van der Waals surface area contributed by atoms with Gasteiger partial charge in [-0.2, -0.15) is 5.10 Å². The van der Waals surface area contributed by atoms with E-state index in [1.54, 1.807) is 23.9 Å². The molecule has 2 aromatic heterocycles. The van der Waals surface area contributed by atoms with E-state index in [0.717, 1.165) is 5.69 Å². The third kappa shape index (κ3) is 3.19. The molecule has 0 saturated heterocycles. The fourth-order valence-electron chi connectivity index (χ4n) is 1.67. The van der Waals surface area contributed by atoms with Gasteiger partial charge < -0.3 is 10.3 Å². The Hall–Kier alpha value is -1.71. The Labute approximate surface area is 111 Å². The Morgan fingerprint density at radius 2 is 2.32 bits per heavy atom. The number of nitrogens with one attached hydrogen (secondary N) is 2. The Morgan fingerprint density at radius 3 is 2.89 bits per heavy atom. The van der Waals surface area contributed by atoms with Crippen molar-refractivity contribution in [2.24, 2.45) is 12.8 Å². The van der Waals surface area contributed by atoms with Crippen molar-refractivity contribution in [2.75, 3.05) is 6.54 Å². The highest BCUT2D eigenvalue weighted by Gasteiger charge is 2.16. The summed E-state index contributed by atoms with van der Waals surface area (Å²) in [6, 6.07) is 1.57. The first-order valence-corrected chi connectivity index (χ1v) is 7.20. The topological polar surface area (TPSA) is 119 Å². The average Bonchev–Trinajstić information content (AvgIpc) is 2.98. The molecule has 0 radical (unpaired) electrons. The fourth-order valence-corrected chi connectivity index (χ4v) is 2.79. The maximum Gasteiger partial charge on any atom is 0.242 e. The first kappa shape index (κ1) is 13.7. The van der Waals surface area contributed by atoms with Gasteiger partial charge in [0.05, 0.1) is 4.90 Å². The van der Waals surface area contributed by atoms with Gasteiger partial charge in [0.1, 0.15) is 12.2 Å². The van der Waals surface area contributed by atoms with Gasteiger partial charge in [-0.3, -0.25) is 5.10 Å². The zero-order valence-electron chi connectivity index (χ0n) is 10.5. The molecule has 8 nitrogen and oxygen atoms in total. The van der Waals surface area contributed by atoms with E-state index in [2.05, 4.69) is 19.9 Å². The minimum atomic E-state index is -3.51. The lowest BCUT2D eigenvalue weighted by Gasteiger charge is -2.03. The number of aryl methyl sites for hydroxylation is 1. The number of rotatable bonds is 6. The molecule has 0 fully saturated rings. The number of hydrogen-bond acceptors (Lipinski definition) is 5. The molecule has 104 valence electrons. The first-order valence-electron chi connectivity index (χ1n) is 5.72. The zero-order chi connectivity index (χ0) is 13.9. The molecular formula is C10H16N6O2S. The van der Waals surface area contributed by atoms with E-state index in [9.17, 15) is 8.42 Å². The summed E-state index contributed by atoms with van der Waals surface area (Å²) in [6.07, 6.45) is 3.38. The van der Waals surface area contributed by atoms with Crippen molar-refractivity contribution in [1.29, 1.82) is 0 Å². The predicted molar refractivity (Wildman–Crippen MR) is 68.6 cm³/mol. The average molecular weight is 284 g/mol. The van der Waals surface area contributed by atoms with Gasteiger partial charge >= 0.3 is 0 Å². The summed E-state index contributed by atoms with van der Waals surface area (Å²) >= 11 is 0. The third-order valence-corrected chi connectivity index (χ3v) is 4.15. The van der Waals surface area contributed by atoms with E-state index >= 15 is 0 Å². The van der Waals surface area contributed by atoms with Crippen LogP contribution in [0.15, 0.2) is 23.5 Å². The van der Waals surface area contributed by atoms with Crippen LogP contribution in [0.2, 0.25) is 0 Å². The molecule has 0 aliphatic carbocycles. The molecule has 0 saturated carbocycles. The predicted octanol–water partition coefficient (Wildman–Crippen LogP) is -0.877. The van der Waals surface area contributed by atoms with Gasteiger partial charge in [0, 0.05) is 38.4 Å². The largest absolute Gasteiger partial charge is 0.352 e. The molecule has 0 aromatic carbocycles. The normalized spacial score (nSPS) is 11.9. The highest BCUT2D eigenvalue weighted by atomic mass is 32.2. The molecule has 0 bridgehead atoms. The van der Waals surface area contributed by atoms with Crippen LogP contribution < -0.4 is 10.5 Å². The Bertz CT molecular complexity index is 631. The Morgan fingerprint density at radius 1 is 1.53 bits per heavy atom. The van der Waals surface area contributed by atoms with E-state index in [4.69, 9.17) is 5.73 Å². The van der Waals surface area contributed by atoms with Crippen molar-refractivity contribution in [3.05, 3.63) is 30.1 Å². The lowest BCUT2D eigenvalue weighted by Crippen LogP contribution is -2.26. The standard InChI is InChI=1S/C10H16N6O2S/c1-16-6-9(4-8(16)5-11)19(17,18)14-3-2-10-12-7-13-15-10/h4,6-7,14H,2-3,5,11H2,1H3,(H,12,13,15). The second kappa shape index (κ2) is 5.51. The summed E-state index contributed by atoms with van der Waals surface area (Å²) in [4.78, 5) is 4.13. The van der Waals surface area contributed by atoms with Gasteiger partial charge in [-0.25, -0.2) is 18.1 Å². The summed E-state index contributed by atoms with van der Waals surface area (Å²) in [6.45, 7) is 0.550. The van der Waals surface area contributed by atoms with E-state index < -0.39 is 10.0 Å². The van der Waals surface area contributed by atoms with E-state index in [1.807, 2.05) is 0 Å². The molecule has 0 aliphatic heterocycles. The van der Waals surface area contributed by atoms with Gasteiger partial charge in [0.15, 0.2) is 0 Å². The molecule has 2 aromatic rings. The number of hydrogen-bond donors (Lipinski definition) is 3. The fraction of sp³-hybridized carbons (Fsp3) is 0.400. The molecule has 0 atom stereocenters. The Balaban J connectivity index is 2.01. The quantitative estimate of drug-likeness (QED) is 0.636. The van der Waals surface area contributed by atoms with Crippen molar-refractivity contribution in [3.8, 4) is 0 Å². The maximum absolute atomic E-state index is 12.0. The molecule has 9 heteroatoms. The van der Waals surface area contributed by atoms with Crippen molar-refractivity contribution in [3.63, 3.8) is 0 Å². The van der Waals surface area contributed by atoms with Crippen LogP contribution in [0.25, 0.3) is 0 Å². The molecular weight excluding hydrogens is 268 g/mol.